The van der Waals surface area contributed by atoms with Crippen molar-refractivity contribution in [3.05, 3.63) is 60.0 Å². The van der Waals surface area contributed by atoms with E-state index in [1.54, 1.807) is 12.4 Å². The summed E-state index contributed by atoms with van der Waals surface area (Å²) in [4.78, 5) is 0. The van der Waals surface area contributed by atoms with Gasteiger partial charge in [-0.15, -0.1) is 0 Å². The molecule has 0 bridgehead atoms. The van der Waals surface area contributed by atoms with Gasteiger partial charge in [0, 0.05) is 18.0 Å². The van der Waals surface area contributed by atoms with Crippen molar-refractivity contribution in [1.82, 2.24) is 20.0 Å². The van der Waals surface area contributed by atoms with Crippen LogP contribution < -0.4 is 0 Å². The van der Waals surface area contributed by atoms with Crippen LogP contribution in [0.4, 0.5) is 0 Å². The number of benzene rings is 1. The van der Waals surface area contributed by atoms with Crippen molar-refractivity contribution in [3.8, 4) is 16.9 Å². The second-order valence-electron chi connectivity index (χ2n) is 4.50. The fourth-order valence-corrected chi connectivity index (χ4v) is 2.00. The van der Waals surface area contributed by atoms with Crippen molar-refractivity contribution >= 4 is 0 Å². The number of aromatic nitrogens is 4. The van der Waals surface area contributed by atoms with Crippen molar-refractivity contribution < 1.29 is 0 Å². The lowest BCUT2D eigenvalue weighted by molar-refractivity contribution is 0.880. The highest BCUT2D eigenvalue weighted by molar-refractivity contribution is 5.64. The fourth-order valence-electron chi connectivity index (χ4n) is 2.00. The maximum absolute atomic E-state index is 4.23. The van der Waals surface area contributed by atoms with E-state index in [9.17, 15) is 0 Å². The lowest BCUT2D eigenvalue weighted by Crippen LogP contribution is -1.96. The molecule has 1 aromatic carbocycles. The Labute approximate surface area is 111 Å². The van der Waals surface area contributed by atoms with E-state index in [-0.39, 0.29) is 0 Å². The zero-order chi connectivity index (χ0) is 13.2. The normalized spacial score (nSPS) is 10.6. The van der Waals surface area contributed by atoms with Crippen LogP contribution >= 0.6 is 0 Å². The summed E-state index contributed by atoms with van der Waals surface area (Å²) < 4.78 is 1.83. The van der Waals surface area contributed by atoms with Crippen LogP contribution in [0.25, 0.3) is 16.9 Å². The highest BCUT2D eigenvalue weighted by atomic mass is 15.3. The Balaban J connectivity index is 2.01. The zero-order valence-corrected chi connectivity index (χ0v) is 10.9. The molecule has 0 saturated heterocycles. The van der Waals surface area contributed by atoms with Crippen LogP contribution in [0.3, 0.4) is 0 Å². The third-order valence-electron chi connectivity index (χ3n) is 3.27. The molecule has 0 amide bonds. The molecular weight excluding hydrogens is 236 g/mol. The second kappa shape index (κ2) is 4.65. The molecule has 3 aromatic rings. The molecule has 0 fully saturated rings. The molecule has 0 N–H and O–H groups in total. The van der Waals surface area contributed by atoms with Crippen molar-refractivity contribution in [3.63, 3.8) is 0 Å². The molecule has 0 aliphatic heterocycles. The van der Waals surface area contributed by atoms with Gasteiger partial charge in [-0.1, -0.05) is 12.1 Å². The van der Waals surface area contributed by atoms with Crippen LogP contribution in [0.2, 0.25) is 0 Å². The van der Waals surface area contributed by atoms with Gasteiger partial charge in [-0.05, 0) is 43.2 Å². The number of aryl methyl sites for hydroxylation is 1. The Kier molecular flexibility index (Phi) is 2.83. The highest BCUT2D eigenvalue weighted by Gasteiger charge is 2.06. The highest BCUT2D eigenvalue weighted by Crippen LogP contribution is 2.23. The van der Waals surface area contributed by atoms with Crippen LogP contribution in [-0.4, -0.2) is 20.0 Å². The Hall–Kier alpha value is -2.49. The predicted octanol–water partition coefficient (Wildman–Crippen LogP) is 2.95. The number of rotatable bonds is 2. The minimum atomic E-state index is 0.937. The van der Waals surface area contributed by atoms with Gasteiger partial charge < -0.3 is 0 Å². The minimum absolute atomic E-state index is 0.937. The zero-order valence-electron chi connectivity index (χ0n) is 10.9. The topological polar surface area (TPSA) is 43.6 Å². The SMILES string of the molecule is Cc1cnnc(-c2ccc(-n3cccn3)cc2)c1C. The molecule has 0 radical (unpaired) electrons. The average Bonchev–Trinajstić information content (AvgIpc) is 2.96. The summed E-state index contributed by atoms with van der Waals surface area (Å²) in [6.07, 6.45) is 5.48. The van der Waals surface area contributed by atoms with Gasteiger partial charge >= 0.3 is 0 Å². The molecule has 94 valence electrons. The van der Waals surface area contributed by atoms with E-state index in [4.69, 9.17) is 0 Å². The first-order valence-electron chi connectivity index (χ1n) is 6.15. The van der Waals surface area contributed by atoms with Gasteiger partial charge in [0.05, 0.1) is 17.6 Å². The summed E-state index contributed by atoms with van der Waals surface area (Å²) in [5.74, 6) is 0. The maximum Gasteiger partial charge on any atom is 0.0961 e. The van der Waals surface area contributed by atoms with Gasteiger partial charge in [0.25, 0.3) is 0 Å². The molecule has 0 aliphatic carbocycles. The first-order valence-corrected chi connectivity index (χ1v) is 6.15. The third kappa shape index (κ3) is 2.12. The Morgan fingerprint density at radius 2 is 1.84 bits per heavy atom. The quantitative estimate of drug-likeness (QED) is 0.702. The molecule has 2 heterocycles. The standard InChI is InChI=1S/C15H14N4/c1-11-10-16-18-15(12(11)2)13-4-6-14(7-5-13)19-9-3-8-17-19/h3-10H,1-2H3. The van der Waals surface area contributed by atoms with E-state index in [1.165, 1.54) is 5.56 Å². The largest absolute Gasteiger partial charge is 0.241 e. The monoisotopic (exact) mass is 250 g/mol. The summed E-state index contributed by atoms with van der Waals surface area (Å²) >= 11 is 0. The lowest BCUT2D eigenvalue weighted by atomic mass is 10.0. The fraction of sp³-hybridized carbons (Fsp3) is 0.133. The first-order chi connectivity index (χ1) is 9.25. The van der Waals surface area contributed by atoms with Gasteiger partial charge in [-0.3, -0.25) is 0 Å². The molecule has 4 heteroatoms. The third-order valence-corrected chi connectivity index (χ3v) is 3.27. The lowest BCUT2D eigenvalue weighted by Gasteiger charge is -2.07. The summed E-state index contributed by atoms with van der Waals surface area (Å²) in [5.41, 5.74) is 5.37. The van der Waals surface area contributed by atoms with Gasteiger partial charge in [-0.25, -0.2) is 4.68 Å². The predicted molar refractivity (Wildman–Crippen MR) is 74.1 cm³/mol. The average molecular weight is 250 g/mol. The van der Waals surface area contributed by atoms with E-state index in [0.717, 1.165) is 22.5 Å². The molecule has 4 nitrogen and oxygen atoms in total. The summed E-state index contributed by atoms with van der Waals surface area (Å²) in [7, 11) is 0. The van der Waals surface area contributed by atoms with E-state index >= 15 is 0 Å². The summed E-state index contributed by atoms with van der Waals surface area (Å²) in [6.45, 7) is 4.12. The molecular formula is C15H14N4. The number of hydrogen-bond acceptors (Lipinski definition) is 3. The Morgan fingerprint density at radius 3 is 2.53 bits per heavy atom. The van der Waals surface area contributed by atoms with Crippen LogP contribution in [0.15, 0.2) is 48.9 Å². The number of hydrogen-bond donors (Lipinski definition) is 0. The first kappa shape index (κ1) is 11.6. The van der Waals surface area contributed by atoms with Crippen molar-refractivity contribution in [2.24, 2.45) is 0 Å². The van der Waals surface area contributed by atoms with Crippen molar-refractivity contribution in [2.45, 2.75) is 13.8 Å². The van der Waals surface area contributed by atoms with Crippen LogP contribution in [-0.2, 0) is 0 Å². The summed E-state index contributed by atoms with van der Waals surface area (Å²) in [5, 5.41) is 12.5. The molecule has 19 heavy (non-hydrogen) atoms. The van der Waals surface area contributed by atoms with E-state index in [2.05, 4.69) is 22.2 Å². The minimum Gasteiger partial charge on any atom is -0.241 e. The van der Waals surface area contributed by atoms with Crippen molar-refractivity contribution in [2.75, 3.05) is 0 Å². The smallest absolute Gasteiger partial charge is 0.0961 e. The van der Waals surface area contributed by atoms with E-state index < -0.39 is 0 Å². The van der Waals surface area contributed by atoms with Gasteiger partial charge in [-0.2, -0.15) is 15.3 Å². The van der Waals surface area contributed by atoms with Crippen LogP contribution in [0, 0.1) is 13.8 Å². The molecule has 0 aliphatic rings. The molecule has 0 atom stereocenters. The van der Waals surface area contributed by atoms with Crippen molar-refractivity contribution in [1.29, 1.82) is 0 Å². The Morgan fingerprint density at radius 1 is 1.05 bits per heavy atom. The van der Waals surface area contributed by atoms with E-state index in [0.29, 0.717) is 0 Å². The van der Waals surface area contributed by atoms with E-state index in [1.807, 2.05) is 48.1 Å². The maximum atomic E-state index is 4.23. The van der Waals surface area contributed by atoms with Gasteiger partial charge in [0.2, 0.25) is 0 Å². The summed E-state index contributed by atoms with van der Waals surface area (Å²) in [6, 6.07) is 10.1. The molecule has 0 unspecified atom stereocenters. The molecule has 0 saturated carbocycles. The molecule has 3 rings (SSSR count). The van der Waals surface area contributed by atoms with Gasteiger partial charge in [0.15, 0.2) is 0 Å². The molecule has 0 spiro atoms. The molecule has 2 aromatic heterocycles. The Bertz CT molecular complexity index is 685. The number of nitrogens with zero attached hydrogens (tertiary/aromatic N) is 4. The van der Waals surface area contributed by atoms with Crippen LogP contribution in [0.1, 0.15) is 11.1 Å². The van der Waals surface area contributed by atoms with Gasteiger partial charge in [0.1, 0.15) is 0 Å². The van der Waals surface area contributed by atoms with Crippen LogP contribution in [0.5, 0.6) is 0 Å². The second-order valence-corrected chi connectivity index (χ2v) is 4.50.